The van der Waals surface area contributed by atoms with Crippen LogP contribution >= 0.6 is 7.82 Å². The Kier molecular flexibility index (Phi) is 4.54. The van der Waals surface area contributed by atoms with Gasteiger partial charge in [0, 0.05) is 5.56 Å². The zero-order valence-electron chi connectivity index (χ0n) is 8.72. The molecule has 90 valence electrons. The van der Waals surface area contributed by atoms with Crippen molar-refractivity contribution in [2.45, 2.75) is 0 Å². The smallest absolute Gasteiger partial charge is 0.303 e. The molecule has 0 bridgehead atoms. The van der Waals surface area contributed by atoms with Crippen LogP contribution in [0.4, 0.5) is 0 Å². The average molecular weight is 254 g/mol. The van der Waals surface area contributed by atoms with E-state index in [0.717, 1.165) is 22.6 Å². The fourth-order valence-electron chi connectivity index (χ4n) is 1.35. The highest BCUT2D eigenvalue weighted by Crippen LogP contribution is 2.25. The van der Waals surface area contributed by atoms with Gasteiger partial charge in [-0.1, -0.05) is 42.5 Å². The molecular weight excluding hydrogens is 243 g/mol. The van der Waals surface area contributed by atoms with Gasteiger partial charge in [-0.2, -0.15) is 0 Å². The number of carbonyl (C=O) groups excluding carboxylic acids is 1. The monoisotopic (exact) mass is 254 g/mol. The molecule has 6 heteroatoms. The van der Waals surface area contributed by atoms with Crippen LogP contribution in [0.1, 0.15) is 10.4 Å². The van der Waals surface area contributed by atoms with E-state index in [1.54, 1.807) is 0 Å². The summed E-state index contributed by atoms with van der Waals surface area (Å²) in [6.45, 7) is 0. The fraction of sp³-hybridized carbons (Fsp3) is 0. The Balaban J connectivity index is 0.000000249. The summed E-state index contributed by atoms with van der Waals surface area (Å²) in [6, 6.07) is 13.6. The van der Waals surface area contributed by atoms with Gasteiger partial charge in [0.15, 0.2) is 6.29 Å². The molecule has 0 fully saturated rings. The lowest BCUT2D eigenvalue weighted by molar-refractivity contribution is 0.112. The Morgan fingerprint density at radius 1 is 0.941 bits per heavy atom. The Labute approximate surface area is 97.6 Å². The van der Waals surface area contributed by atoms with E-state index in [1.807, 2.05) is 42.5 Å². The van der Waals surface area contributed by atoms with Crippen molar-refractivity contribution in [2.24, 2.45) is 0 Å². The summed E-state index contributed by atoms with van der Waals surface area (Å²) in [6.07, 6.45) is 0.891. The second-order valence-corrected chi connectivity index (χ2v) is 4.23. The molecule has 0 amide bonds. The number of hydrogen-bond acceptors (Lipinski definition) is 2. The molecule has 2 rings (SSSR count). The average Bonchev–Trinajstić information content (AvgIpc) is 2.26. The second kappa shape index (κ2) is 5.70. The van der Waals surface area contributed by atoms with E-state index in [1.165, 1.54) is 0 Å². The standard InChI is InChI=1S/C11H8O.H3O4P/c12-8-10-6-3-5-9-4-1-2-7-11(9)10;1-5(2,3)4/h1-8H;(H3,1,2,3,4). The first kappa shape index (κ1) is 13.5. The molecule has 0 spiro atoms. The van der Waals surface area contributed by atoms with Crippen LogP contribution in [0.3, 0.4) is 0 Å². The molecule has 0 atom stereocenters. The molecule has 0 heterocycles. The number of aldehydes is 1. The van der Waals surface area contributed by atoms with Crippen molar-refractivity contribution in [3.8, 4) is 0 Å². The highest BCUT2D eigenvalue weighted by Gasteiger charge is 2.00. The molecule has 2 aromatic carbocycles. The van der Waals surface area contributed by atoms with E-state index in [0.29, 0.717) is 0 Å². The van der Waals surface area contributed by atoms with Gasteiger partial charge in [-0.15, -0.1) is 0 Å². The first-order valence-electron chi connectivity index (χ1n) is 4.63. The maximum absolute atomic E-state index is 10.6. The molecule has 0 radical (unpaired) electrons. The highest BCUT2D eigenvalue weighted by molar-refractivity contribution is 7.45. The van der Waals surface area contributed by atoms with Gasteiger partial charge in [0.1, 0.15) is 0 Å². The van der Waals surface area contributed by atoms with Crippen molar-refractivity contribution in [3.63, 3.8) is 0 Å². The van der Waals surface area contributed by atoms with Gasteiger partial charge < -0.3 is 14.7 Å². The second-order valence-electron chi connectivity index (χ2n) is 3.20. The summed E-state index contributed by atoms with van der Waals surface area (Å²) in [5, 5.41) is 2.14. The molecule has 0 aliphatic carbocycles. The molecule has 0 aliphatic rings. The van der Waals surface area contributed by atoms with Crippen molar-refractivity contribution in [2.75, 3.05) is 0 Å². The van der Waals surface area contributed by atoms with Crippen LogP contribution in [0.15, 0.2) is 42.5 Å². The first-order valence-corrected chi connectivity index (χ1v) is 6.19. The summed E-state index contributed by atoms with van der Waals surface area (Å²) in [7, 11) is -4.64. The van der Waals surface area contributed by atoms with E-state index in [2.05, 4.69) is 0 Å². The molecule has 2 aromatic rings. The number of hydrogen-bond donors (Lipinski definition) is 3. The van der Waals surface area contributed by atoms with E-state index in [4.69, 9.17) is 19.2 Å². The summed E-state index contributed by atoms with van der Waals surface area (Å²) in [5.74, 6) is 0. The van der Waals surface area contributed by atoms with E-state index in [9.17, 15) is 4.79 Å². The molecule has 0 saturated carbocycles. The minimum Gasteiger partial charge on any atom is -0.303 e. The molecule has 0 aliphatic heterocycles. The van der Waals surface area contributed by atoms with E-state index >= 15 is 0 Å². The molecule has 5 nitrogen and oxygen atoms in total. The van der Waals surface area contributed by atoms with Crippen molar-refractivity contribution in [3.05, 3.63) is 48.0 Å². The lowest BCUT2D eigenvalue weighted by Crippen LogP contribution is -1.81. The maximum atomic E-state index is 10.6. The van der Waals surface area contributed by atoms with Crippen molar-refractivity contribution in [1.29, 1.82) is 0 Å². The third-order valence-electron chi connectivity index (χ3n) is 1.95. The third kappa shape index (κ3) is 4.89. The molecule has 0 unspecified atom stereocenters. The Morgan fingerprint density at radius 3 is 2.06 bits per heavy atom. The minimum absolute atomic E-state index is 0.758. The molecule has 0 saturated heterocycles. The number of carbonyl (C=O) groups is 1. The molecular formula is C11H11O5P. The Bertz CT molecular complexity index is 547. The van der Waals surface area contributed by atoms with Crippen LogP contribution in [-0.4, -0.2) is 21.0 Å². The fourth-order valence-corrected chi connectivity index (χ4v) is 1.35. The van der Waals surface area contributed by atoms with Gasteiger partial charge in [-0.3, -0.25) is 4.79 Å². The maximum Gasteiger partial charge on any atom is 0.466 e. The molecule has 3 N–H and O–H groups in total. The topological polar surface area (TPSA) is 94.8 Å². The zero-order valence-corrected chi connectivity index (χ0v) is 9.62. The minimum atomic E-state index is -4.64. The normalized spacial score (nSPS) is 10.5. The predicted octanol–water partition coefficient (Wildman–Crippen LogP) is 1.72. The Morgan fingerprint density at radius 2 is 1.47 bits per heavy atom. The van der Waals surface area contributed by atoms with Crippen LogP contribution in [0.25, 0.3) is 10.8 Å². The largest absolute Gasteiger partial charge is 0.466 e. The summed E-state index contributed by atoms with van der Waals surface area (Å²) in [4.78, 5) is 32.2. The van der Waals surface area contributed by atoms with Gasteiger partial charge >= 0.3 is 7.82 Å². The van der Waals surface area contributed by atoms with Crippen molar-refractivity contribution >= 4 is 24.9 Å². The Hall–Kier alpha value is -1.52. The van der Waals surface area contributed by atoms with E-state index < -0.39 is 7.82 Å². The van der Waals surface area contributed by atoms with Crippen LogP contribution in [-0.2, 0) is 4.57 Å². The van der Waals surface area contributed by atoms with Crippen LogP contribution in [0.5, 0.6) is 0 Å². The quantitative estimate of drug-likeness (QED) is 0.532. The lowest BCUT2D eigenvalue weighted by atomic mass is 10.1. The number of fused-ring (bicyclic) bond motifs is 1. The number of benzene rings is 2. The predicted molar refractivity (Wildman–Crippen MR) is 63.6 cm³/mol. The van der Waals surface area contributed by atoms with Crippen LogP contribution < -0.4 is 0 Å². The molecule has 0 aromatic heterocycles. The molecule has 17 heavy (non-hydrogen) atoms. The van der Waals surface area contributed by atoms with Crippen molar-refractivity contribution in [1.82, 2.24) is 0 Å². The first-order chi connectivity index (χ1) is 7.92. The van der Waals surface area contributed by atoms with Gasteiger partial charge in [0.05, 0.1) is 0 Å². The van der Waals surface area contributed by atoms with Gasteiger partial charge in [0.2, 0.25) is 0 Å². The van der Waals surface area contributed by atoms with Crippen LogP contribution in [0, 0.1) is 0 Å². The van der Waals surface area contributed by atoms with Crippen molar-refractivity contribution < 1.29 is 24.0 Å². The number of rotatable bonds is 1. The number of phosphoric acid groups is 1. The summed E-state index contributed by atoms with van der Waals surface area (Å²) in [5.41, 5.74) is 0.758. The summed E-state index contributed by atoms with van der Waals surface area (Å²) >= 11 is 0. The highest BCUT2D eigenvalue weighted by atomic mass is 31.2. The van der Waals surface area contributed by atoms with Crippen LogP contribution in [0.2, 0.25) is 0 Å². The third-order valence-corrected chi connectivity index (χ3v) is 1.95. The van der Waals surface area contributed by atoms with Gasteiger partial charge in [-0.25, -0.2) is 4.57 Å². The summed E-state index contributed by atoms with van der Waals surface area (Å²) < 4.78 is 8.88. The van der Waals surface area contributed by atoms with Gasteiger partial charge in [0.25, 0.3) is 0 Å². The van der Waals surface area contributed by atoms with Gasteiger partial charge in [-0.05, 0) is 10.8 Å². The SMILES string of the molecule is O=Cc1cccc2ccccc12.O=P(O)(O)O. The van der Waals surface area contributed by atoms with E-state index in [-0.39, 0.29) is 0 Å². The lowest BCUT2D eigenvalue weighted by Gasteiger charge is -1.98. The zero-order chi connectivity index (χ0) is 12.9.